The van der Waals surface area contributed by atoms with Crippen LogP contribution < -0.4 is 20.7 Å². The Balaban J connectivity index is 1.68. The minimum atomic E-state index is -0.711. The molecule has 198 valence electrons. The predicted octanol–water partition coefficient (Wildman–Crippen LogP) is 6.45. The van der Waals surface area contributed by atoms with Gasteiger partial charge in [-0.3, -0.25) is 9.59 Å². The molecule has 0 bridgehead atoms. The van der Waals surface area contributed by atoms with Crippen LogP contribution in [0, 0.1) is 11.3 Å². The number of benzene rings is 3. The molecular weight excluding hydrogens is 532 g/mol. The summed E-state index contributed by atoms with van der Waals surface area (Å²) in [6.45, 7) is 4.09. The van der Waals surface area contributed by atoms with Crippen LogP contribution >= 0.6 is 23.4 Å². The SMILES string of the molecule is CCOc1ccccc1[C@@H]1C(C#N)=C(SCC(=O)Nc2ccccc2Cl)NC(C)=C1C(=O)Nc1ccccc1. The number of para-hydroxylation sites is 3. The summed E-state index contributed by atoms with van der Waals surface area (Å²) in [7, 11) is 0. The summed E-state index contributed by atoms with van der Waals surface area (Å²) in [5, 5.41) is 20.2. The van der Waals surface area contributed by atoms with E-state index < -0.39 is 5.92 Å². The Morgan fingerprint density at radius 2 is 1.72 bits per heavy atom. The highest BCUT2D eigenvalue weighted by atomic mass is 35.5. The summed E-state index contributed by atoms with van der Waals surface area (Å²) in [5.41, 5.74) is 3.13. The Labute approximate surface area is 236 Å². The lowest BCUT2D eigenvalue weighted by atomic mass is 9.81. The van der Waals surface area contributed by atoms with Crippen LogP contribution in [0.5, 0.6) is 5.75 Å². The number of nitrogens with zero attached hydrogens (tertiary/aromatic N) is 1. The fraction of sp³-hybridized carbons (Fsp3) is 0.167. The zero-order chi connectivity index (χ0) is 27.8. The third-order valence-corrected chi connectivity index (χ3v) is 7.30. The van der Waals surface area contributed by atoms with Crippen LogP contribution in [-0.2, 0) is 9.59 Å². The number of dihydropyridines is 1. The summed E-state index contributed by atoms with van der Waals surface area (Å²) in [6.07, 6.45) is 0. The van der Waals surface area contributed by atoms with Gasteiger partial charge in [-0.15, -0.1) is 0 Å². The standard InChI is InChI=1S/C30H27ClN4O3S/c1-3-38-25-16-10-7-13-21(25)28-22(17-32)30(39-18-26(36)35-24-15-9-8-14-23(24)31)33-19(2)27(28)29(37)34-20-11-5-4-6-12-20/h4-16,28,33H,3,18H2,1-2H3,(H,34,37)(H,35,36)/t28-/m1/s1. The van der Waals surface area contributed by atoms with Gasteiger partial charge in [0.25, 0.3) is 5.91 Å². The first kappa shape index (κ1) is 27.8. The molecule has 0 radical (unpaired) electrons. The monoisotopic (exact) mass is 558 g/mol. The second-order valence-corrected chi connectivity index (χ2v) is 9.95. The maximum Gasteiger partial charge on any atom is 0.254 e. The zero-order valence-electron chi connectivity index (χ0n) is 21.5. The highest BCUT2D eigenvalue weighted by Gasteiger charge is 2.36. The second-order valence-electron chi connectivity index (χ2n) is 8.56. The third kappa shape index (κ3) is 6.63. The van der Waals surface area contributed by atoms with Gasteiger partial charge in [-0.2, -0.15) is 5.26 Å². The predicted molar refractivity (Wildman–Crippen MR) is 156 cm³/mol. The summed E-state index contributed by atoms with van der Waals surface area (Å²) in [6, 6.07) is 25.8. The quantitative estimate of drug-likeness (QED) is 0.279. The molecule has 0 aliphatic carbocycles. The van der Waals surface area contributed by atoms with Crippen molar-refractivity contribution in [1.29, 1.82) is 5.26 Å². The average molecular weight is 559 g/mol. The van der Waals surface area contributed by atoms with Gasteiger partial charge in [0.15, 0.2) is 0 Å². The Hall–Kier alpha value is -4.19. The molecule has 1 aliphatic rings. The summed E-state index contributed by atoms with van der Waals surface area (Å²) in [5.74, 6) is -0.719. The Morgan fingerprint density at radius 1 is 1.03 bits per heavy atom. The van der Waals surface area contributed by atoms with Crippen molar-refractivity contribution >= 4 is 46.6 Å². The van der Waals surface area contributed by atoms with E-state index in [1.165, 1.54) is 11.8 Å². The van der Waals surface area contributed by atoms with Crippen molar-refractivity contribution in [2.24, 2.45) is 0 Å². The fourth-order valence-corrected chi connectivity index (χ4v) is 5.33. The van der Waals surface area contributed by atoms with Crippen LogP contribution in [-0.4, -0.2) is 24.2 Å². The molecule has 3 N–H and O–H groups in total. The third-order valence-electron chi connectivity index (χ3n) is 5.95. The molecule has 3 aromatic carbocycles. The lowest BCUT2D eigenvalue weighted by molar-refractivity contribution is -0.114. The topological polar surface area (TPSA) is 103 Å². The summed E-state index contributed by atoms with van der Waals surface area (Å²) >= 11 is 7.36. The van der Waals surface area contributed by atoms with Gasteiger partial charge in [0.05, 0.1) is 45.7 Å². The van der Waals surface area contributed by atoms with Gasteiger partial charge in [-0.25, -0.2) is 0 Å². The number of nitrogens with one attached hydrogen (secondary N) is 3. The highest BCUT2D eigenvalue weighted by Crippen LogP contribution is 2.44. The van der Waals surface area contributed by atoms with Crippen molar-refractivity contribution in [3.8, 4) is 11.8 Å². The fourth-order valence-electron chi connectivity index (χ4n) is 4.25. The van der Waals surface area contributed by atoms with E-state index in [1.807, 2.05) is 49.4 Å². The number of rotatable bonds is 9. The van der Waals surface area contributed by atoms with Crippen molar-refractivity contribution in [2.75, 3.05) is 23.0 Å². The lowest BCUT2D eigenvalue weighted by Gasteiger charge is -2.30. The Bertz CT molecular complexity index is 1480. The van der Waals surface area contributed by atoms with Crippen molar-refractivity contribution < 1.29 is 14.3 Å². The highest BCUT2D eigenvalue weighted by molar-refractivity contribution is 8.03. The van der Waals surface area contributed by atoms with E-state index >= 15 is 0 Å². The number of allylic oxidation sites excluding steroid dienone is 2. The normalized spacial score (nSPS) is 14.8. The molecule has 9 heteroatoms. The van der Waals surface area contributed by atoms with Crippen LogP contribution in [0.2, 0.25) is 5.02 Å². The minimum Gasteiger partial charge on any atom is -0.494 e. The number of halogens is 1. The largest absolute Gasteiger partial charge is 0.494 e. The first-order valence-electron chi connectivity index (χ1n) is 12.3. The molecule has 1 aliphatic heterocycles. The van der Waals surface area contributed by atoms with Gasteiger partial charge in [0, 0.05) is 22.5 Å². The van der Waals surface area contributed by atoms with Gasteiger partial charge in [0.1, 0.15) is 5.75 Å². The van der Waals surface area contributed by atoms with Crippen molar-refractivity contribution in [2.45, 2.75) is 19.8 Å². The van der Waals surface area contributed by atoms with E-state index in [1.54, 1.807) is 43.3 Å². The lowest BCUT2D eigenvalue weighted by Crippen LogP contribution is -2.31. The molecule has 4 rings (SSSR count). The van der Waals surface area contributed by atoms with Crippen LogP contribution in [0.25, 0.3) is 0 Å². The molecule has 0 saturated carbocycles. The molecule has 3 aromatic rings. The number of nitriles is 1. The summed E-state index contributed by atoms with van der Waals surface area (Å²) < 4.78 is 5.89. The number of carbonyl (C=O) groups excluding carboxylic acids is 2. The van der Waals surface area contributed by atoms with Crippen molar-refractivity contribution in [3.05, 3.63) is 111 Å². The van der Waals surface area contributed by atoms with E-state index in [-0.39, 0.29) is 17.6 Å². The molecule has 0 saturated heterocycles. The smallest absolute Gasteiger partial charge is 0.254 e. The van der Waals surface area contributed by atoms with Gasteiger partial charge < -0.3 is 20.7 Å². The number of anilines is 2. The van der Waals surface area contributed by atoms with Gasteiger partial charge in [-0.1, -0.05) is 71.9 Å². The van der Waals surface area contributed by atoms with Crippen molar-refractivity contribution in [3.63, 3.8) is 0 Å². The number of amides is 2. The number of carbonyl (C=O) groups is 2. The molecule has 7 nitrogen and oxygen atoms in total. The minimum absolute atomic E-state index is 0.0252. The molecular formula is C30H27ClN4O3S. The molecule has 0 aromatic heterocycles. The van der Waals surface area contributed by atoms with Crippen LogP contribution in [0.4, 0.5) is 11.4 Å². The van der Waals surface area contributed by atoms with Crippen LogP contribution in [0.1, 0.15) is 25.3 Å². The first-order chi connectivity index (χ1) is 18.9. The van der Waals surface area contributed by atoms with E-state index in [2.05, 4.69) is 22.0 Å². The molecule has 0 fully saturated rings. The molecule has 0 spiro atoms. The summed E-state index contributed by atoms with van der Waals surface area (Å²) in [4.78, 5) is 26.4. The molecule has 1 atom stereocenters. The Morgan fingerprint density at radius 3 is 2.44 bits per heavy atom. The van der Waals surface area contributed by atoms with E-state index in [4.69, 9.17) is 16.3 Å². The van der Waals surface area contributed by atoms with Crippen molar-refractivity contribution in [1.82, 2.24) is 5.32 Å². The zero-order valence-corrected chi connectivity index (χ0v) is 23.0. The van der Waals surface area contributed by atoms with Gasteiger partial charge in [-0.05, 0) is 44.2 Å². The number of thioether (sulfide) groups is 1. The second kappa shape index (κ2) is 13.1. The molecule has 39 heavy (non-hydrogen) atoms. The maximum atomic E-state index is 13.6. The van der Waals surface area contributed by atoms with Crippen LogP contribution in [0.15, 0.2) is 101 Å². The first-order valence-corrected chi connectivity index (χ1v) is 13.7. The number of ether oxygens (including phenoxy) is 1. The molecule has 1 heterocycles. The van der Waals surface area contributed by atoms with E-state index in [9.17, 15) is 14.9 Å². The number of hydrogen-bond donors (Lipinski definition) is 3. The number of hydrogen-bond acceptors (Lipinski definition) is 6. The van der Waals surface area contributed by atoms with Crippen LogP contribution in [0.3, 0.4) is 0 Å². The maximum absolute atomic E-state index is 13.6. The Kier molecular flexibility index (Phi) is 9.31. The molecule has 0 unspecified atom stereocenters. The average Bonchev–Trinajstić information content (AvgIpc) is 2.93. The van der Waals surface area contributed by atoms with E-state index in [0.29, 0.717) is 56.2 Å². The van der Waals surface area contributed by atoms with E-state index in [0.717, 1.165) is 0 Å². The van der Waals surface area contributed by atoms with Gasteiger partial charge >= 0.3 is 0 Å². The van der Waals surface area contributed by atoms with Gasteiger partial charge in [0.2, 0.25) is 5.91 Å². The molecule has 2 amide bonds.